The monoisotopic (exact) mass is 238 g/mol. The van der Waals surface area contributed by atoms with Gasteiger partial charge in [-0.25, -0.2) is 0 Å². The van der Waals surface area contributed by atoms with Crippen molar-refractivity contribution in [3.8, 4) is 0 Å². The molecule has 17 heavy (non-hydrogen) atoms. The van der Waals surface area contributed by atoms with Crippen LogP contribution in [0.15, 0.2) is 0 Å². The maximum atomic E-state index is 2.76. The van der Waals surface area contributed by atoms with E-state index in [0.29, 0.717) is 11.1 Å². The molecule has 100 valence electrons. The highest BCUT2D eigenvalue weighted by Crippen LogP contribution is 2.44. The third-order valence-electron chi connectivity index (χ3n) is 5.39. The van der Waals surface area contributed by atoms with Gasteiger partial charge in [0.25, 0.3) is 0 Å². The topological polar surface area (TPSA) is 6.48 Å². The fraction of sp³-hybridized carbons (Fsp3) is 1.00. The third-order valence-corrected chi connectivity index (χ3v) is 5.39. The minimum absolute atomic E-state index is 0.391. The van der Waals surface area contributed by atoms with Gasteiger partial charge in [0.15, 0.2) is 0 Å². The molecule has 1 heterocycles. The molecule has 2 heteroatoms. The van der Waals surface area contributed by atoms with E-state index in [4.69, 9.17) is 0 Å². The van der Waals surface area contributed by atoms with E-state index in [1.165, 1.54) is 32.4 Å². The first-order chi connectivity index (χ1) is 7.83. The summed E-state index contributed by atoms with van der Waals surface area (Å²) in [7, 11) is 0. The van der Waals surface area contributed by atoms with Gasteiger partial charge in [0.1, 0.15) is 0 Å². The van der Waals surface area contributed by atoms with E-state index < -0.39 is 0 Å². The highest BCUT2D eigenvalue weighted by Gasteiger charge is 2.54. The molecule has 0 aromatic rings. The lowest BCUT2D eigenvalue weighted by molar-refractivity contribution is 0.00312. The Morgan fingerprint density at radius 1 is 0.824 bits per heavy atom. The van der Waals surface area contributed by atoms with Crippen LogP contribution in [-0.2, 0) is 0 Å². The van der Waals surface area contributed by atoms with Crippen molar-refractivity contribution in [3.05, 3.63) is 0 Å². The summed E-state index contributed by atoms with van der Waals surface area (Å²) in [5, 5.41) is 0. The molecule has 2 aliphatic rings. The van der Waals surface area contributed by atoms with E-state index in [9.17, 15) is 0 Å². The molecule has 1 aliphatic carbocycles. The Bertz CT molecular complexity index is 255. The first-order valence-corrected chi connectivity index (χ1v) is 7.37. The van der Waals surface area contributed by atoms with Crippen molar-refractivity contribution in [2.24, 2.45) is 0 Å². The number of hydrogen-bond acceptors (Lipinski definition) is 2. The van der Waals surface area contributed by atoms with E-state index >= 15 is 0 Å². The van der Waals surface area contributed by atoms with Gasteiger partial charge in [-0.3, -0.25) is 9.80 Å². The average molecular weight is 238 g/mol. The Morgan fingerprint density at radius 3 is 1.47 bits per heavy atom. The van der Waals surface area contributed by atoms with Gasteiger partial charge >= 0.3 is 0 Å². The summed E-state index contributed by atoms with van der Waals surface area (Å²) >= 11 is 0. The number of rotatable bonds is 4. The molecule has 0 spiro atoms. The SMILES string of the molecule is CCC(C)(C)N1CCN(C(C)(C)CC)C2CC21. The molecule has 0 radical (unpaired) electrons. The fourth-order valence-electron chi connectivity index (χ4n) is 3.30. The molecular weight excluding hydrogens is 208 g/mol. The van der Waals surface area contributed by atoms with Gasteiger partial charge in [-0.1, -0.05) is 13.8 Å². The first-order valence-electron chi connectivity index (χ1n) is 7.37. The molecular formula is C15H30N2. The maximum absolute atomic E-state index is 2.76. The first kappa shape index (κ1) is 13.4. The van der Waals surface area contributed by atoms with Gasteiger partial charge in [0, 0.05) is 36.3 Å². The van der Waals surface area contributed by atoms with Crippen LogP contribution < -0.4 is 0 Å². The normalized spacial score (nSPS) is 31.4. The molecule has 1 aliphatic heterocycles. The molecule has 2 nitrogen and oxygen atoms in total. The number of nitrogens with zero attached hydrogens (tertiary/aromatic N) is 2. The molecule has 0 amide bonds. The quantitative estimate of drug-likeness (QED) is 0.742. The van der Waals surface area contributed by atoms with Crippen molar-refractivity contribution in [1.29, 1.82) is 0 Å². The predicted molar refractivity (Wildman–Crippen MR) is 74.3 cm³/mol. The fourth-order valence-corrected chi connectivity index (χ4v) is 3.30. The lowest BCUT2D eigenvalue weighted by atomic mass is 9.95. The summed E-state index contributed by atoms with van der Waals surface area (Å²) in [5.74, 6) is 0. The standard InChI is InChI=1S/C15H30N2/c1-7-14(3,4)16-9-10-17(13-11-12(13)16)15(5,6)8-2/h12-13H,7-11H2,1-6H3. The minimum Gasteiger partial charge on any atom is -0.292 e. The molecule has 1 saturated heterocycles. The molecule has 0 N–H and O–H groups in total. The zero-order valence-corrected chi connectivity index (χ0v) is 12.6. The second kappa shape index (κ2) is 4.24. The Kier molecular flexibility index (Phi) is 3.33. The summed E-state index contributed by atoms with van der Waals surface area (Å²) in [6.07, 6.45) is 3.91. The summed E-state index contributed by atoms with van der Waals surface area (Å²) in [6.45, 7) is 16.8. The van der Waals surface area contributed by atoms with E-state index in [1.807, 2.05) is 0 Å². The highest BCUT2D eigenvalue weighted by atomic mass is 15.4. The van der Waals surface area contributed by atoms with Crippen LogP contribution in [0.5, 0.6) is 0 Å². The van der Waals surface area contributed by atoms with Crippen molar-refractivity contribution in [3.63, 3.8) is 0 Å². The Balaban J connectivity index is 2.04. The zero-order valence-electron chi connectivity index (χ0n) is 12.6. The number of hydrogen-bond donors (Lipinski definition) is 0. The Morgan fingerprint density at radius 2 is 1.18 bits per heavy atom. The van der Waals surface area contributed by atoms with E-state index in [-0.39, 0.29) is 0 Å². The van der Waals surface area contributed by atoms with Crippen LogP contribution in [-0.4, -0.2) is 46.1 Å². The average Bonchev–Trinajstić information content (AvgIpc) is 3.06. The number of piperazine rings is 1. The van der Waals surface area contributed by atoms with Gasteiger partial charge in [-0.15, -0.1) is 0 Å². The summed E-state index contributed by atoms with van der Waals surface area (Å²) in [5.41, 5.74) is 0.781. The minimum atomic E-state index is 0.391. The van der Waals surface area contributed by atoms with Crippen LogP contribution in [0, 0.1) is 0 Å². The van der Waals surface area contributed by atoms with Crippen molar-refractivity contribution < 1.29 is 0 Å². The van der Waals surface area contributed by atoms with Gasteiger partial charge in [0.2, 0.25) is 0 Å². The van der Waals surface area contributed by atoms with Gasteiger partial charge < -0.3 is 0 Å². The lowest BCUT2D eigenvalue weighted by Crippen LogP contribution is -2.58. The van der Waals surface area contributed by atoms with E-state index in [0.717, 1.165) is 12.1 Å². The molecule has 2 unspecified atom stereocenters. The molecule has 2 atom stereocenters. The second-order valence-corrected chi connectivity index (χ2v) is 7.09. The zero-order chi connectivity index (χ0) is 12.8. The van der Waals surface area contributed by atoms with Crippen molar-refractivity contribution in [1.82, 2.24) is 9.80 Å². The smallest absolute Gasteiger partial charge is 0.0273 e. The second-order valence-electron chi connectivity index (χ2n) is 7.09. The van der Waals surface area contributed by atoms with E-state index in [1.54, 1.807) is 0 Å². The molecule has 0 aromatic carbocycles. The van der Waals surface area contributed by atoms with Crippen molar-refractivity contribution >= 4 is 0 Å². The molecule has 2 fully saturated rings. The van der Waals surface area contributed by atoms with Crippen LogP contribution in [0.1, 0.15) is 60.8 Å². The predicted octanol–water partition coefficient (Wildman–Crippen LogP) is 3.12. The number of fused-ring (bicyclic) bond motifs is 1. The molecule has 1 saturated carbocycles. The third kappa shape index (κ3) is 2.26. The summed E-state index contributed by atoms with van der Waals surface area (Å²) < 4.78 is 0. The summed E-state index contributed by atoms with van der Waals surface area (Å²) in [4.78, 5) is 5.53. The van der Waals surface area contributed by atoms with Crippen molar-refractivity contribution in [2.45, 2.75) is 84.0 Å². The van der Waals surface area contributed by atoms with E-state index in [2.05, 4.69) is 51.3 Å². The Labute approximate surface area is 107 Å². The van der Waals surface area contributed by atoms with Crippen LogP contribution >= 0.6 is 0 Å². The van der Waals surface area contributed by atoms with Crippen LogP contribution in [0.2, 0.25) is 0 Å². The van der Waals surface area contributed by atoms with Gasteiger partial charge in [-0.2, -0.15) is 0 Å². The van der Waals surface area contributed by atoms with Crippen LogP contribution in [0.4, 0.5) is 0 Å². The molecule has 0 bridgehead atoms. The van der Waals surface area contributed by atoms with Crippen LogP contribution in [0.3, 0.4) is 0 Å². The van der Waals surface area contributed by atoms with Crippen molar-refractivity contribution in [2.75, 3.05) is 13.1 Å². The maximum Gasteiger partial charge on any atom is 0.0273 e. The molecule has 2 rings (SSSR count). The van der Waals surface area contributed by atoms with Crippen LogP contribution in [0.25, 0.3) is 0 Å². The highest BCUT2D eigenvalue weighted by molar-refractivity contribution is 5.11. The van der Waals surface area contributed by atoms with Gasteiger partial charge in [0.05, 0.1) is 0 Å². The lowest BCUT2D eigenvalue weighted by Gasteiger charge is -2.48. The largest absolute Gasteiger partial charge is 0.292 e. The van der Waals surface area contributed by atoms with Gasteiger partial charge in [-0.05, 0) is 47.0 Å². The molecule has 0 aromatic heterocycles. The summed E-state index contributed by atoms with van der Waals surface area (Å²) in [6, 6.07) is 1.68. The Hall–Kier alpha value is -0.0800.